The van der Waals surface area contributed by atoms with Gasteiger partial charge in [-0.05, 0) is 37.7 Å². The molecule has 8 heteroatoms. The van der Waals surface area contributed by atoms with Gasteiger partial charge in [-0.1, -0.05) is 6.92 Å². The second kappa shape index (κ2) is 7.49. The molecule has 0 amide bonds. The van der Waals surface area contributed by atoms with Gasteiger partial charge in [0.2, 0.25) is 5.95 Å². The Balaban J connectivity index is 1.74. The highest BCUT2D eigenvalue weighted by Gasteiger charge is 2.30. The average molecular weight is 365 g/mol. The summed E-state index contributed by atoms with van der Waals surface area (Å²) in [6.45, 7) is 8.83. The number of piperazine rings is 1. The Morgan fingerprint density at radius 1 is 1.04 bits per heavy atom. The van der Waals surface area contributed by atoms with Crippen LogP contribution in [0.1, 0.15) is 18.2 Å². The van der Waals surface area contributed by atoms with Gasteiger partial charge in [-0.2, -0.15) is 18.2 Å². The molecule has 140 valence electrons. The van der Waals surface area contributed by atoms with Gasteiger partial charge in [-0.25, -0.2) is 4.98 Å². The Labute approximate surface area is 150 Å². The van der Waals surface area contributed by atoms with Crippen molar-refractivity contribution in [2.75, 3.05) is 42.9 Å². The number of nitrogens with zero attached hydrogens (tertiary/aromatic N) is 4. The van der Waals surface area contributed by atoms with E-state index in [2.05, 4.69) is 32.0 Å². The lowest BCUT2D eigenvalue weighted by molar-refractivity contribution is -0.137. The van der Waals surface area contributed by atoms with E-state index >= 15 is 0 Å². The van der Waals surface area contributed by atoms with E-state index in [9.17, 15) is 13.2 Å². The monoisotopic (exact) mass is 365 g/mol. The molecule has 1 fully saturated rings. The van der Waals surface area contributed by atoms with E-state index in [1.54, 1.807) is 0 Å². The minimum atomic E-state index is -4.34. The van der Waals surface area contributed by atoms with Crippen molar-refractivity contribution < 1.29 is 13.2 Å². The largest absolute Gasteiger partial charge is 0.416 e. The van der Waals surface area contributed by atoms with E-state index in [4.69, 9.17) is 0 Å². The van der Waals surface area contributed by atoms with Crippen molar-refractivity contribution in [1.29, 1.82) is 0 Å². The SMILES string of the molecule is CCN1CCN(c2cc(C)nc(Nc3ccc(C(F)(F)F)cc3)n2)CC1. The molecular weight excluding hydrogens is 343 g/mol. The zero-order chi connectivity index (χ0) is 18.7. The highest BCUT2D eigenvalue weighted by atomic mass is 19.4. The lowest BCUT2D eigenvalue weighted by Gasteiger charge is -2.34. The number of hydrogen-bond donors (Lipinski definition) is 1. The lowest BCUT2D eigenvalue weighted by Crippen LogP contribution is -2.46. The third-order valence-electron chi connectivity index (χ3n) is 4.45. The Bertz CT molecular complexity index is 737. The highest BCUT2D eigenvalue weighted by Crippen LogP contribution is 2.30. The first kappa shape index (κ1) is 18.4. The number of aryl methyl sites for hydroxylation is 1. The van der Waals surface area contributed by atoms with Crippen molar-refractivity contribution >= 4 is 17.5 Å². The maximum absolute atomic E-state index is 12.7. The smallest absolute Gasteiger partial charge is 0.354 e. The first-order chi connectivity index (χ1) is 12.3. The molecule has 1 aromatic carbocycles. The summed E-state index contributed by atoms with van der Waals surface area (Å²) in [6.07, 6.45) is -4.34. The van der Waals surface area contributed by atoms with Crippen LogP contribution in [0.4, 0.5) is 30.6 Å². The average Bonchev–Trinajstić information content (AvgIpc) is 2.61. The summed E-state index contributed by atoms with van der Waals surface area (Å²) >= 11 is 0. The first-order valence-corrected chi connectivity index (χ1v) is 8.62. The molecule has 0 spiro atoms. The van der Waals surface area contributed by atoms with Crippen molar-refractivity contribution in [3.05, 3.63) is 41.6 Å². The van der Waals surface area contributed by atoms with Gasteiger partial charge < -0.3 is 15.1 Å². The van der Waals surface area contributed by atoms with Gasteiger partial charge in [-0.15, -0.1) is 0 Å². The maximum Gasteiger partial charge on any atom is 0.416 e. The fourth-order valence-electron chi connectivity index (χ4n) is 2.93. The molecule has 0 aliphatic carbocycles. The number of nitrogens with one attached hydrogen (secondary N) is 1. The molecule has 1 aliphatic rings. The summed E-state index contributed by atoms with van der Waals surface area (Å²) in [6, 6.07) is 6.79. The molecule has 1 aliphatic heterocycles. The van der Waals surface area contributed by atoms with Crippen LogP contribution in [0.3, 0.4) is 0 Å². The molecule has 2 aromatic rings. The van der Waals surface area contributed by atoms with Crippen LogP contribution >= 0.6 is 0 Å². The van der Waals surface area contributed by atoms with Crippen LogP contribution < -0.4 is 10.2 Å². The molecule has 0 radical (unpaired) electrons. The molecule has 0 saturated carbocycles. The predicted molar refractivity (Wildman–Crippen MR) is 95.8 cm³/mol. The number of likely N-dealkylation sites (N-methyl/N-ethyl adjacent to an activating group) is 1. The summed E-state index contributed by atoms with van der Waals surface area (Å²) < 4.78 is 38.0. The van der Waals surface area contributed by atoms with Crippen LogP contribution in [0.25, 0.3) is 0 Å². The molecule has 2 heterocycles. The van der Waals surface area contributed by atoms with Gasteiger partial charge in [-0.3, -0.25) is 0 Å². The lowest BCUT2D eigenvalue weighted by atomic mass is 10.2. The number of alkyl halides is 3. The number of hydrogen-bond acceptors (Lipinski definition) is 5. The molecule has 0 atom stereocenters. The van der Waals surface area contributed by atoms with Crippen molar-refractivity contribution in [3.8, 4) is 0 Å². The molecule has 0 unspecified atom stereocenters. The van der Waals surface area contributed by atoms with Gasteiger partial charge >= 0.3 is 6.18 Å². The van der Waals surface area contributed by atoms with E-state index in [1.807, 2.05) is 13.0 Å². The fourth-order valence-corrected chi connectivity index (χ4v) is 2.93. The zero-order valence-corrected chi connectivity index (χ0v) is 14.8. The van der Waals surface area contributed by atoms with Crippen LogP contribution in [-0.2, 0) is 6.18 Å². The Hall–Kier alpha value is -2.35. The van der Waals surface area contributed by atoms with Crippen LogP contribution in [0.5, 0.6) is 0 Å². The normalized spacial score (nSPS) is 16.0. The van der Waals surface area contributed by atoms with E-state index in [0.717, 1.165) is 56.4 Å². The number of rotatable bonds is 4. The van der Waals surface area contributed by atoms with E-state index in [0.29, 0.717) is 11.6 Å². The maximum atomic E-state index is 12.7. The van der Waals surface area contributed by atoms with Gasteiger partial charge in [0, 0.05) is 43.6 Å². The number of benzene rings is 1. The predicted octanol–water partition coefficient (Wildman–Crippen LogP) is 3.69. The fraction of sp³-hybridized carbons (Fsp3) is 0.444. The minimum Gasteiger partial charge on any atom is -0.354 e. The van der Waals surface area contributed by atoms with Crippen molar-refractivity contribution in [2.24, 2.45) is 0 Å². The number of halogens is 3. The number of aromatic nitrogens is 2. The van der Waals surface area contributed by atoms with Gasteiger partial charge in [0.25, 0.3) is 0 Å². The minimum absolute atomic E-state index is 0.387. The molecular formula is C18H22F3N5. The Morgan fingerprint density at radius 2 is 1.69 bits per heavy atom. The first-order valence-electron chi connectivity index (χ1n) is 8.62. The quantitative estimate of drug-likeness (QED) is 0.895. The molecule has 0 bridgehead atoms. The van der Waals surface area contributed by atoms with Crippen LogP contribution in [0, 0.1) is 6.92 Å². The summed E-state index contributed by atoms with van der Waals surface area (Å²) in [7, 11) is 0. The van der Waals surface area contributed by atoms with Crippen LogP contribution in [0.2, 0.25) is 0 Å². The third kappa shape index (κ3) is 4.43. The van der Waals surface area contributed by atoms with E-state index in [-0.39, 0.29) is 0 Å². The van der Waals surface area contributed by atoms with Crippen LogP contribution in [-0.4, -0.2) is 47.6 Å². The second-order valence-electron chi connectivity index (χ2n) is 6.31. The topological polar surface area (TPSA) is 44.3 Å². The summed E-state index contributed by atoms with van der Waals surface area (Å²) in [5.41, 5.74) is 0.648. The van der Waals surface area contributed by atoms with Crippen LogP contribution in [0.15, 0.2) is 30.3 Å². The highest BCUT2D eigenvalue weighted by molar-refractivity contribution is 5.56. The third-order valence-corrected chi connectivity index (χ3v) is 4.45. The molecule has 1 N–H and O–H groups in total. The van der Waals surface area contributed by atoms with Gasteiger partial charge in [0.1, 0.15) is 5.82 Å². The summed E-state index contributed by atoms with van der Waals surface area (Å²) in [5.74, 6) is 1.22. The second-order valence-corrected chi connectivity index (χ2v) is 6.31. The Morgan fingerprint density at radius 3 is 2.27 bits per heavy atom. The van der Waals surface area contributed by atoms with Crippen molar-refractivity contribution in [2.45, 2.75) is 20.0 Å². The van der Waals surface area contributed by atoms with Crippen molar-refractivity contribution in [1.82, 2.24) is 14.9 Å². The molecule has 26 heavy (non-hydrogen) atoms. The van der Waals surface area contributed by atoms with E-state index < -0.39 is 11.7 Å². The molecule has 1 aromatic heterocycles. The zero-order valence-electron chi connectivity index (χ0n) is 14.8. The van der Waals surface area contributed by atoms with Gasteiger partial charge in [0.15, 0.2) is 0 Å². The molecule has 5 nitrogen and oxygen atoms in total. The summed E-state index contributed by atoms with van der Waals surface area (Å²) in [5, 5.41) is 3.00. The van der Waals surface area contributed by atoms with E-state index in [1.165, 1.54) is 12.1 Å². The number of anilines is 3. The summed E-state index contributed by atoms with van der Waals surface area (Å²) in [4.78, 5) is 13.5. The van der Waals surface area contributed by atoms with Gasteiger partial charge in [0.05, 0.1) is 5.56 Å². The standard InChI is InChI=1S/C18H22F3N5/c1-3-25-8-10-26(11-9-25)16-12-13(2)22-17(24-16)23-15-6-4-14(5-7-15)18(19,20)21/h4-7,12H,3,8-11H2,1-2H3,(H,22,23,24). The Kier molecular flexibility index (Phi) is 5.31. The van der Waals surface area contributed by atoms with Crippen molar-refractivity contribution in [3.63, 3.8) is 0 Å². The molecule has 1 saturated heterocycles. The molecule has 3 rings (SSSR count).